The van der Waals surface area contributed by atoms with Crippen molar-refractivity contribution in [1.82, 2.24) is 0 Å². The minimum absolute atomic E-state index is 0.0406. The summed E-state index contributed by atoms with van der Waals surface area (Å²) >= 11 is 0. The molecule has 0 radical (unpaired) electrons. The summed E-state index contributed by atoms with van der Waals surface area (Å²) in [6, 6.07) is 5.47. The van der Waals surface area contributed by atoms with Gasteiger partial charge in [0.2, 0.25) is 0 Å². The van der Waals surface area contributed by atoms with E-state index in [1.54, 1.807) is 20.3 Å². The van der Waals surface area contributed by atoms with Crippen molar-refractivity contribution < 1.29 is 23.8 Å². The van der Waals surface area contributed by atoms with E-state index in [0.717, 1.165) is 24.1 Å². The van der Waals surface area contributed by atoms with Crippen molar-refractivity contribution in [3.63, 3.8) is 0 Å². The average Bonchev–Trinajstić information content (AvgIpc) is 2.70. The highest BCUT2D eigenvalue weighted by molar-refractivity contribution is 6.08. The lowest BCUT2D eigenvalue weighted by Crippen LogP contribution is -2.37. The van der Waals surface area contributed by atoms with Crippen LogP contribution in [0.1, 0.15) is 37.7 Å². The van der Waals surface area contributed by atoms with Crippen molar-refractivity contribution >= 4 is 17.5 Å². The molecule has 0 spiro atoms. The number of rotatable bonds is 6. The number of nitrogens with zero attached hydrogens (tertiary/aromatic N) is 1. The van der Waals surface area contributed by atoms with Crippen molar-refractivity contribution in [3.05, 3.63) is 47.7 Å². The zero-order valence-electron chi connectivity index (χ0n) is 16.5. The summed E-state index contributed by atoms with van der Waals surface area (Å²) in [7, 11) is 3.12. The van der Waals surface area contributed by atoms with Gasteiger partial charge in [-0.1, -0.05) is 18.7 Å². The van der Waals surface area contributed by atoms with Gasteiger partial charge in [0.1, 0.15) is 12.5 Å². The minimum Gasteiger partial charge on any atom is -0.493 e. The minimum atomic E-state index is -0.668. The molecule has 2 aliphatic rings. The molecule has 1 unspecified atom stereocenters. The maximum atomic E-state index is 12.9. The van der Waals surface area contributed by atoms with Crippen LogP contribution in [-0.2, 0) is 14.3 Å². The molecule has 148 valence electrons. The molecule has 0 amide bonds. The lowest BCUT2D eigenvalue weighted by atomic mass is 9.71. The summed E-state index contributed by atoms with van der Waals surface area (Å²) in [5, 5.41) is 0. The highest BCUT2D eigenvalue weighted by Gasteiger charge is 2.43. The molecule has 0 fully saturated rings. The Morgan fingerprint density at radius 3 is 2.68 bits per heavy atom. The smallest absolute Gasteiger partial charge is 0.315 e. The van der Waals surface area contributed by atoms with Crippen LogP contribution in [0.15, 0.2) is 47.1 Å². The fourth-order valence-corrected chi connectivity index (χ4v) is 3.95. The second kappa shape index (κ2) is 8.42. The van der Waals surface area contributed by atoms with Gasteiger partial charge in [-0.3, -0.25) is 14.6 Å². The third-order valence-electron chi connectivity index (χ3n) is 5.20. The van der Waals surface area contributed by atoms with Crippen LogP contribution in [0.25, 0.3) is 0 Å². The molecule has 1 heterocycles. The predicted octanol–water partition coefficient (Wildman–Crippen LogP) is 3.61. The van der Waals surface area contributed by atoms with Gasteiger partial charge in [0.05, 0.1) is 14.2 Å². The summed E-state index contributed by atoms with van der Waals surface area (Å²) in [5.74, 6) is -0.368. The van der Waals surface area contributed by atoms with E-state index in [-0.39, 0.29) is 12.4 Å². The van der Waals surface area contributed by atoms with Crippen molar-refractivity contribution in [2.24, 2.45) is 10.9 Å². The Labute approximate surface area is 164 Å². The van der Waals surface area contributed by atoms with Gasteiger partial charge in [0.15, 0.2) is 17.3 Å². The van der Waals surface area contributed by atoms with Crippen molar-refractivity contribution in [1.29, 1.82) is 0 Å². The van der Waals surface area contributed by atoms with Crippen LogP contribution in [-0.4, -0.2) is 38.3 Å². The molecule has 6 nitrogen and oxygen atoms in total. The Morgan fingerprint density at radius 2 is 2.00 bits per heavy atom. The molecule has 0 saturated carbocycles. The van der Waals surface area contributed by atoms with E-state index in [4.69, 9.17) is 14.2 Å². The highest BCUT2D eigenvalue weighted by atomic mass is 16.5. The van der Waals surface area contributed by atoms with Crippen LogP contribution in [0, 0.1) is 5.92 Å². The molecule has 1 aliphatic carbocycles. The number of methoxy groups -OCH3 is 2. The molecule has 0 bridgehead atoms. The number of hydrogen-bond donors (Lipinski definition) is 0. The molecule has 3 rings (SSSR count). The first-order chi connectivity index (χ1) is 13.5. The van der Waals surface area contributed by atoms with Gasteiger partial charge < -0.3 is 14.2 Å². The fraction of sp³-hybridized carbons (Fsp3) is 0.409. The van der Waals surface area contributed by atoms with E-state index in [1.807, 2.05) is 19.1 Å². The number of carbonyl (C=O) groups is 2. The monoisotopic (exact) mass is 383 g/mol. The van der Waals surface area contributed by atoms with Gasteiger partial charge in [-0.05, 0) is 37.5 Å². The zero-order valence-corrected chi connectivity index (χ0v) is 16.5. The lowest BCUT2D eigenvalue weighted by molar-refractivity contribution is -0.145. The summed E-state index contributed by atoms with van der Waals surface area (Å²) in [5.41, 5.74) is 2.85. The van der Waals surface area contributed by atoms with Gasteiger partial charge in [0.25, 0.3) is 0 Å². The highest BCUT2D eigenvalue weighted by Crippen LogP contribution is 2.45. The summed E-state index contributed by atoms with van der Waals surface area (Å²) in [6.07, 6.45) is 3.50. The molecule has 1 aliphatic heterocycles. The van der Waals surface area contributed by atoms with Gasteiger partial charge in [-0.2, -0.15) is 0 Å². The molecule has 0 saturated heterocycles. The molecule has 1 aromatic carbocycles. The molecule has 0 N–H and O–H groups in total. The van der Waals surface area contributed by atoms with Gasteiger partial charge in [-0.15, -0.1) is 0 Å². The number of ether oxygens (including phenoxy) is 3. The van der Waals surface area contributed by atoms with E-state index in [1.165, 1.54) is 6.08 Å². The number of aliphatic imine (C=N–C) groups is 1. The van der Waals surface area contributed by atoms with Crippen LogP contribution >= 0.6 is 0 Å². The first-order valence-corrected chi connectivity index (χ1v) is 9.32. The first kappa shape index (κ1) is 19.9. The van der Waals surface area contributed by atoms with Crippen molar-refractivity contribution in [3.8, 4) is 11.5 Å². The Morgan fingerprint density at radius 1 is 1.25 bits per heavy atom. The van der Waals surface area contributed by atoms with Crippen molar-refractivity contribution in [2.75, 3.05) is 20.8 Å². The molecule has 6 heteroatoms. The molecule has 2 atom stereocenters. The molecule has 0 aromatic heterocycles. The second-order valence-corrected chi connectivity index (χ2v) is 6.88. The van der Waals surface area contributed by atoms with Crippen LogP contribution in [0.4, 0.5) is 0 Å². The van der Waals surface area contributed by atoms with E-state index in [0.29, 0.717) is 29.2 Å². The number of Topliss-reactive ketones (excluding diaryl/α,β-unsaturated/α-hetero) is 1. The van der Waals surface area contributed by atoms with Crippen LogP contribution in [0.2, 0.25) is 0 Å². The van der Waals surface area contributed by atoms with Crippen molar-refractivity contribution in [2.45, 2.75) is 32.1 Å². The van der Waals surface area contributed by atoms with E-state index in [9.17, 15) is 9.59 Å². The topological polar surface area (TPSA) is 74.2 Å². The van der Waals surface area contributed by atoms with E-state index < -0.39 is 17.8 Å². The predicted molar refractivity (Wildman–Crippen MR) is 106 cm³/mol. The fourth-order valence-electron chi connectivity index (χ4n) is 3.95. The lowest BCUT2D eigenvalue weighted by Gasteiger charge is -2.34. The summed E-state index contributed by atoms with van der Waals surface area (Å²) < 4.78 is 16.1. The SMILES string of the molecule is C=CCOC(=O)C1C(C)=NC2=C(C(=O)CCC2)[C@H]1c1ccc(OC)c(OC)c1. The van der Waals surface area contributed by atoms with Crippen LogP contribution in [0.5, 0.6) is 11.5 Å². The number of allylic oxidation sites excluding steroid dienone is 2. The Bertz CT molecular complexity index is 868. The number of ketones is 1. The maximum absolute atomic E-state index is 12.9. The average molecular weight is 383 g/mol. The molecular weight excluding hydrogens is 358 g/mol. The van der Waals surface area contributed by atoms with Gasteiger partial charge >= 0.3 is 5.97 Å². The number of hydrogen-bond acceptors (Lipinski definition) is 6. The maximum Gasteiger partial charge on any atom is 0.315 e. The van der Waals surface area contributed by atoms with Gasteiger partial charge in [0, 0.05) is 29.3 Å². The van der Waals surface area contributed by atoms with Crippen LogP contribution < -0.4 is 9.47 Å². The molecular formula is C22H25NO5. The van der Waals surface area contributed by atoms with Crippen LogP contribution in [0.3, 0.4) is 0 Å². The standard InChI is InChI=1S/C22H25NO5/c1-5-11-28-22(25)19-13(2)23-15-7-6-8-16(24)21(15)20(19)14-9-10-17(26-3)18(12-14)27-4/h5,9-10,12,19-20H,1,6-8,11H2,2-4H3/t19?,20-/m0/s1. The number of benzene rings is 1. The van der Waals surface area contributed by atoms with Gasteiger partial charge in [-0.25, -0.2) is 0 Å². The molecule has 28 heavy (non-hydrogen) atoms. The quantitative estimate of drug-likeness (QED) is 0.554. The summed E-state index contributed by atoms with van der Waals surface area (Å²) in [6.45, 7) is 5.52. The Kier molecular flexibility index (Phi) is 5.97. The van der Waals surface area contributed by atoms with E-state index >= 15 is 0 Å². The zero-order chi connectivity index (χ0) is 20.3. The first-order valence-electron chi connectivity index (χ1n) is 9.32. The summed E-state index contributed by atoms with van der Waals surface area (Å²) in [4.78, 5) is 30.3. The largest absolute Gasteiger partial charge is 0.493 e. The number of esters is 1. The Hall–Kier alpha value is -2.89. The normalized spacial score (nSPS) is 21.5. The third kappa shape index (κ3) is 3.59. The van der Waals surface area contributed by atoms with E-state index in [2.05, 4.69) is 11.6 Å². The second-order valence-electron chi connectivity index (χ2n) is 6.88. The molecule has 1 aromatic rings. The third-order valence-corrected chi connectivity index (χ3v) is 5.20. The Balaban J connectivity index is 2.14. The number of carbonyl (C=O) groups excluding carboxylic acids is 2.